The van der Waals surface area contributed by atoms with Gasteiger partial charge in [-0.05, 0) is 41.2 Å². The number of methoxy groups -OCH3 is 3. The molecule has 0 spiro atoms. The van der Waals surface area contributed by atoms with E-state index in [4.69, 9.17) is 18.9 Å². The fourth-order valence-corrected chi connectivity index (χ4v) is 7.29. The van der Waals surface area contributed by atoms with E-state index < -0.39 is 65.6 Å². The van der Waals surface area contributed by atoms with E-state index in [1.165, 1.54) is 35.2 Å². The molecule has 2 aliphatic carbocycles. The molecule has 230 valence electrons. The van der Waals surface area contributed by atoms with Gasteiger partial charge in [0, 0.05) is 52.2 Å². The van der Waals surface area contributed by atoms with E-state index >= 15 is 0 Å². The van der Waals surface area contributed by atoms with Crippen molar-refractivity contribution in [3.05, 3.63) is 56.6 Å². The monoisotopic (exact) mass is 596 g/mol. The van der Waals surface area contributed by atoms with Gasteiger partial charge < -0.3 is 24.1 Å². The van der Waals surface area contributed by atoms with Gasteiger partial charge >= 0.3 is 5.97 Å². The molecule has 1 fully saturated rings. The lowest BCUT2D eigenvalue weighted by Gasteiger charge is -2.61. The minimum Gasteiger partial charge on any atom is -0.492 e. The van der Waals surface area contributed by atoms with Gasteiger partial charge in [-0.25, -0.2) is 4.79 Å². The van der Waals surface area contributed by atoms with Gasteiger partial charge in [-0.15, -0.1) is 0 Å². The van der Waals surface area contributed by atoms with Crippen LogP contribution in [0.15, 0.2) is 56.6 Å². The van der Waals surface area contributed by atoms with Crippen molar-refractivity contribution in [3.63, 3.8) is 0 Å². The normalized spacial score (nSPS) is 31.8. The summed E-state index contributed by atoms with van der Waals surface area (Å²) in [4.78, 5) is 71.3. The molecule has 0 aromatic heterocycles. The van der Waals surface area contributed by atoms with Crippen LogP contribution in [0, 0.1) is 0 Å². The largest absolute Gasteiger partial charge is 0.492 e. The van der Waals surface area contributed by atoms with Crippen LogP contribution >= 0.6 is 0 Å². The molecule has 6 atom stereocenters. The third-order valence-electron chi connectivity index (χ3n) is 9.45. The molecule has 5 rings (SSSR count). The van der Waals surface area contributed by atoms with Crippen LogP contribution in [-0.2, 0) is 42.9 Å². The molecule has 12 heteroatoms. The number of likely N-dealkylation sites (N-methyl/N-ethyl adjacent to an activating group) is 1. The van der Waals surface area contributed by atoms with Crippen LogP contribution in [0.3, 0.4) is 0 Å². The Kier molecular flexibility index (Phi) is 7.93. The summed E-state index contributed by atoms with van der Waals surface area (Å²) in [6.07, 6.45) is -0.808. The van der Waals surface area contributed by atoms with E-state index in [2.05, 4.69) is 0 Å². The van der Waals surface area contributed by atoms with E-state index in [0.29, 0.717) is 5.57 Å². The lowest BCUT2D eigenvalue weighted by molar-refractivity contribution is -0.190. The number of carbonyl (C=O) groups is 5. The van der Waals surface area contributed by atoms with Crippen LogP contribution in [0.4, 0.5) is 0 Å². The maximum Gasteiger partial charge on any atom is 0.333 e. The van der Waals surface area contributed by atoms with Gasteiger partial charge in [-0.3, -0.25) is 29.0 Å². The van der Waals surface area contributed by atoms with Gasteiger partial charge in [0.05, 0.1) is 32.3 Å². The molecule has 2 bridgehead atoms. The molecule has 12 nitrogen and oxygen atoms in total. The highest BCUT2D eigenvalue weighted by Gasteiger charge is 2.62. The molecule has 5 aliphatic rings. The summed E-state index contributed by atoms with van der Waals surface area (Å²) in [5.41, 5.74) is 1.18. The number of hydrogen-bond acceptors (Lipinski definition) is 12. The number of allylic oxidation sites excluding steroid dienone is 5. The summed E-state index contributed by atoms with van der Waals surface area (Å²) in [7, 11) is 5.73. The topological polar surface area (TPSA) is 149 Å². The number of hydrogen-bond donors (Lipinski definition) is 1. The highest BCUT2D eigenvalue weighted by molar-refractivity contribution is 6.26. The first-order valence-electron chi connectivity index (χ1n) is 14.0. The van der Waals surface area contributed by atoms with Crippen LogP contribution < -0.4 is 0 Å². The zero-order chi connectivity index (χ0) is 31.7. The zero-order valence-corrected chi connectivity index (χ0v) is 25.5. The van der Waals surface area contributed by atoms with Gasteiger partial charge in [0.25, 0.3) is 0 Å². The molecule has 3 heterocycles. The zero-order valence-electron chi connectivity index (χ0n) is 25.5. The van der Waals surface area contributed by atoms with Gasteiger partial charge in [0.15, 0.2) is 23.1 Å². The van der Waals surface area contributed by atoms with Crippen molar-refractivity contribution < 1.29 is 48.0 Å². The van der Waals surface area contributed by atoms with Crippen molar-refractivity contribution in [2.45, 2.75) is 70.6 Å². The van der Waals surface area contributed by atoms with E-state index in [0.717, 1.165) is 0 Å². The number of esters is 1. The predicted octanol–water partition coefficient (Wildman–Crippen LogP) is 0.706. The number of aliphatic hydroxyl groups excluding tert-OH is 1. The second kappa shape index (κ2) is 11.1. The Morgan fingerprint density at radius 2 is 1.51 bits per heavy atom. The maximum absolute atomic E-state index is 14.0. The Morgan fingerprint density at radius 3 is 2.07 bits per heavy atom. The standard InChI is InChI=1S/C31H36N2O10/c1-9-12(2)31(39)43-11-17-18-15(23(34)13(3)27(40-6)25(18)36)10-16-21-19-20(24(35)14(4)28(41-7)26(19)37)29(42-8)22(32(21)5)30(38)33(16)17/h9,16-17,21-22,29-30,38H,10-11H2,1-8H3. The van der Waals surface area contributed by atoms with Gasteiger partial charge in [-0.2, -0.15) is 0 Å². The van der Waals surface area contributed by atoms with Gasteiger partial charge in [-0.1, -0.05) is 6.08 Å². The Morgan fingerprint density at radius 1 is 0.930 bits per heavy atom. The number of carbonyl (C=O) groups excluding carboxylic acids is 5. The molecule has 1 N–H and O–H groups in total. The van der Waals surface area contributed by atoms with Crippen molar-refractivity contribution >= 4 is 29.1 Å². The maximum atomic E-state index is 14.0. The second-order valence-corrected chi connectivity index (χ2v) is 11.3. The summed E-state index contributed by atoms with van der Waals surface area (Å²) in [5, 5.41) is 12.0. The number of aliphatic hydroxyl groups is 1. The summed E-state index contributed by atoms with van der Waals surface area (Å²) >= 11 is 0. The first kappa shape index (κ1) is 30.7. The Balaban J connectivity index is 1.72. The molecule has 0 aromatic carbocycles. The molecular weight excluding hydrogens is 560 g/mol. The molecule has 43 heavy (non-hydrogen) atoms. The summed E-state index contributed by atoms with van der Waals surface area (Å²) in [5.74, 6) is -2.69. The Hall–Kier alpha value is -3.71. The van der Waals surface area contributed by atoms with Crippen LogP contribution in [0.5, 0.6) is 0 Å². The number of fused-ring (bicyclic) bond motifs is 5. The molecule has 1 saturated heterocycles. The van der Waals surface area contributed by atoms with Gasteiger partial charge in [0.2, 0.25) is 11.6 Å². The number of nitrogens with zero attached hydrogens (tertiary/aromatic N) is 2. The van der Waals surface area contributed by atoms with Gasteiger partial charge in [0.1, 0.15) is 18.9 Å². The number of rotatable bonds is 6. The highest BCUT2D eigenvalue weighted by Crippen LogP contribution is 2.49. The van der Waals surface area contributed by atoms with E-state index in [1.807, 2.05) is 0 Å². The van der Waals surface area contributed by atoms with Crippen molar-refractivity contribution in [3.8, 4) is 0 Å². The molecule has 0 aromatic rings. The van der Waals surface area contributed by atoms with Crippen molar-refractivity contribution in [2.75, 3.05) is 35.0 Å². The molecule has 0 amide bonds. The van der Waals surface area contributed by atoms with Crippen LogP contribution in [0.1, 0.15) is 34.1 Å². The first-order valence-corrected chi connectivity index (χ1v) is 14.0. The highest BCUT2D eigenvalue weighted by atomic mass is 16.5. The SMILES string of the molecule is CC=C(C)C(=O)OCC1C2=C(CC3C4C5=C(C(=O)C(C)=C(OC)C5=O)C(OC)C(C(O)N13)N4C)C(=O)C(C)=C(OC)C2=O. The summed E-state index contributed by atoms with van der Waals surface area (Å²) in [6, 6.07) is -3.50. The minimum atomic E-state index is -1.36. The Labute approximate surface area is 249 Å². The average Bonchev–Trinajstić information content (AvgIpc) is 2.99. The first-order chi connectivity index (χ1) is 20.4. The number of ketones is 4. The lowest BCUT2D eigenvalue weighted by atomic mass is 9.68. The van der Waals surface area contributed by atoms with E-state index in [1.54, 1.807) is 36.8 Å². The molecule has 3 aliphatic heterocycles. The van der Waals surface area contributed by atoms with Crippen molar-refractivity contribution in [2.24, 2.45) is 0 Å². The molecule has 6 unspecified atom stereocenters. The smallest absolute Gasteiger partial charge is 0.333 e. The van der Waals surface area contributed by atoms with Crippen molar-refractivity contribution in [1.29, 1.82) is 0 Å². The van der Waals surface area contributed by atoms with Crippen LogP contribution in [0.2, 0.25) is 0 Å². The quantitative estimate of drug-likeness (QED) is 0.261. The number of ether oxygens (including phenoxy) is 4. The third kappa shape index (κ3) is 4.22. The third-order valence-corrected chi connectivity index (χ3v) is 9.45. The Bertz CT molecular complexity index is 1510. The number of piperazine rings is 1. The fraction of sp³-hybridized carbons (Fsp3) is 0.516. The predicted molar refractivity (Wildman–Crippen MR) is 150 cm³/mol. The summed E-state index contributed by atoms with van der Waals surface area (Å²) in [6.45, 7) is 5.92. The van der Waals surface area contributed by atoms with Crippen LogP contribution in [-0.4, -0.2) is 115 Å². The van der Waals surface area contributed by atoms with Crippen LogP contribution in [0.25, 0.3) is 0 Å². The fourth-order valence-electron chi connectivity index (χ4n) is 7.29. The lowest BCUT2D eigenvalue weighted by Crippen LogP contribution is -2.77. The van der Waals surface area contributed by atoms with E-state index in [9.17, 15) is 29.1 Å². The molecular formula is C31H36N2O10. The summed E-state index contributed by atoms with van der Waals surface area (Å²) < 4.78 is 22.1. The van der Waals surface area contributed by atoms with E-state index in [-0.39, 0.29) is 58.0 Å². The average molecular weight is 597 g/mol. The molecule has 0 saturated carbocycles. The molecule has 0 radical (unpaired) electrons. The van der Waals surface area contributed by atoms with Crippen molar-refractivity contribution in [1.82, 2.24) is 9.80 Å². The number of Topliss-reactive ketones (excluding diaryl/α,β-unsaturated/α-hetero) is 4. The minimum absolute atomic E-state index is 0.0216. The second-order valence-electron chi connectivity index (χ2n) is 11.3.